The molecule has 1 atom stereocenters. The molecule has 15 heavy (non-hydrogen) atoms. The summed E-state index contributed by atoms with van der Waals surface area (Å²) in [5.41, 5.74) is 6.84. The lowest BCUT2D eigenvalue weighted by molar-refractivity contribution is -0.143. The molecule has 0 saturated heterocycles. The van der Waals surface area contributed by atoms with Crippen molar-refractivity contribution in [2.45, 2.75) is 25.8 Å². The summed E-state index contributed by atoms with van der Waals surface area (Å²) >= 11 is 0. The summed E-state index contributed by atoms with van der Waals surface area (Å²) in [5, 5.41) is 0. The number of hydrogen-bond acceptors (Lipinski definition) is 4. The fraction of sp³-hybridized carbons (Fsp3) is 0.455. The number of ether oxygens (including phenoxy) is 1. The van der Waals surface area contributed by atoms with Crippen LogP contribution in [0.4, 0.5) is 0 Å². The molecule has 0 spiro atoms. The molecule has 0 amide bonds. The number of nitrogens with zero attached hydrogens (tertiary/aromatic N) is 1. The van der Waals surface area contributed by atoms with Gasteiger partial charge in [-0.2, -0.15) is 0 Å². The van der Waals surface area contributed by atoms with E-state index in [1.807, 2.05) is 12.1 Å². The maximum absolute atomic E-state index is 11.1. The van der Waals surface area contributed by atoms with Crippen molar-refractivity contribution in [2.75, 3.05) is 6.61 Å². The van der Waals surface area contributed by atoms with Crippen LogP contribution in [0, 0.1) is 0 Å². The minimum Gasteiger partial charge on any atom is -0.466 e. The maximum Gasteiger partial charge on any atom is 0.307 e. The molecular formula is C11H16N2O2. The van der Waals surface area contributed by atoms with Gasteiger partial charge < -0.3 is 10.5 Å². The van der Waals surface area contributed by atoms with Gasteiger partial charge in [0.2, 0.25) is 0 Å². The molecule has 4 heteroatoms. The van der Waals surface area contributed by atoms with Crippen molar-refractivity contribution >= 4 is 5.97 Å². The predicted octanol–water partition coefficient (Wildman–Crippen LogP) is 0.905. The van der Waals surface area contributed by atoms with Crippen molar-refractivity contribution in [3.63, 3.8) is 0 Å². The summed E-state index contributed by atoms with van der Waals surface area (Å²) in [7, 11) is 0. The average Bonchev–Trinajstić information content (AvgIpc) is 2.19. The highest BCUT2D eigenvalue weighted by molar-refractivity contribution is 5.70. The first-order valence-electron chi connectivity index (χ1n) is 5.02. The molecule has 0 aromatic carbocycles. The fourth-order valence-corrected chi connectivity index (χ4v) is 1.33. The Labute approximate surface area is 89.5 Å². The monoisotopic (exact) mass is 208 g/mol. The van der Waals surface area contributed by atoms with Gasteiger partial charge in [-0.25, -0.2) is 0 Å². The molecule has 2 N–H and O–H groups in total. The number of rotatable bonds is 5. The molecule has 0 aliphatic carbocycles. The van der Waals surface area contributed by atoms with Crippen LogP contribution in [0.25, 0.3) is 0 Å². The molecule has 1 heterocycles. The average molecular weight is 208 g/mol. The molecular weight excluding hydrogens is 192 g/mol. The zero-order valence-electron chi connectivity index (χ0n) is 8.85. The quantitative estimate of drug-likeness (QED) is 0.730. The molecule has 82 valence electrons. The number of carbonyl (C=O) groups excluding carboxylic acids is 1. The summed E-state index contributed by atoms with van der Waals surface area (Å²) in [6, 6.07) is 3.60. The third kappa shape index (κ3) is 4.56. The van der Waals surface area contributed by atoms with E-state index in [4.69, 9.17) is 10.5 Å². The van der Waals surface area contributed by atoms with Crippen LogP contribution in [0.1, 0.15) is 18.9 Å². The molecule has 1 rings (SSSR count). The van der Waals surface area contributed by atoms with E-state index in [0.29, 0.717) is 13.0 Å². The van der Waals surface area contributed by atoms with E-state index in [2.05, 4.69) is 4.98 Å². The van der Waals surface area contributed by atoms with Crippen LogP contribution in [0.3, 0.4) is 0 Å². The Morgan fingerprint density at radius 1 is 1.67 bits per heavy atom. The number of carbonyl (C=O) groups is 1. The summed E-state index contributed by atoms with van der Waals surface area (Å²) in [4.78, 5) is 15.1. The highest BCUT2D eigenvalue weighted by Gasteiger charge is 2.10. The normalized spacial score (nSPS) is 12.1. The van der Waals surface area contributed by atoms with E-state index in [-0.39, 0.29) is 18.4 Å². The van der Waals surface area contributed by atoms with Crippen LogP contribution in [0.2, 0.25) is 0 Å². The molecule has 0 saturated carbocycles. The van der Waals surface area contributed by atoms with E-state index in [1.54, 1.807) is 19.3 Å². The summed E-state index contributed by atoms with van der Waals surface area (Å²) < 4.78 is 4.82. The standard InChI is InChI=1S/C11H16N2O2/c1-2-15-11(14)7-10(12)6-9-4-3-5-13-8-9/h3-5,8,10H,2,6-7,12H2,1H3. The zero-order valence-corrected chi connectivity index (χ0v) is 8.85. The summed E-state index contributed by atoms with van der Waals surface area (Å²) in [6.07, 6.45) is 4.36. The van der Waals surface area contributed by atoms with Gasteiger partial charge in [0.15, 0.2) is 0 Å². The van der Waals surface area contributed by atoms with Crippen molar-refractivity contribution in [3.05, 3.63) is 30.1 Å². The van der Waals surface area contributed by atoms with Gasteiger partial charge in [0.1, 0.15) is 0 Å². The predicted molar refractivity (Wildman–Crippen MR) is 57.2 cm³/mol. The van der Waals surface area contributed by atoms with Gasteiger partial charge in [-0.05, 0) is 25.0 Å². The number of aromatic nitrogens is 1. The van der Waals surface area contributed by atoms with Gasteiger partial charge in [-0.3, -0.25) is 9.78 Å². The molecule has 1 aromatic heterocycles. The lowest BCUT2D eigenvalue weighted by Crippen LogP contribution is -2.27. The van der Waals surface area contributed by atoms with Gasteiger partial charge >= 0.3 is 5.97 Å². The lowest BCUT2D eigenvalue weighted by Gasteiger charge is -2.10. The first-order chi connectivity index (χ1) is 7.22. The Balaban J connectivity index is 2.36. The highest BCUT2D eigenvalue weighted by atomic mass is 16.5. The molecule has 0 bridgehead atoms. The third-order valence-corrected chi connectivity index (χ3v) is 1.95. The minimum atomic E-state index is -0.242. The van der Waals surface area contributed by atoms with Gasteiger partial charge in [0.25, 0.3) is 0 Å². The SMILES string of the molecule is CCOC(=O)CC(N)Cc1cccnc1. The maximum atomic E-state index is 11.1. The topological polar surface area (TPSA) is 65.2 Å². The Bertz CT molecular complexity index is 301. The molecule has 0 radical (unpaired) electrons. The van der Waals surface area contributed by atoms with Crippen molar-refractivity contribution < 1.29 is 9.53 Å². The van der Waals surface area contributed by atoms with Gasteiger partial charge in [-0.15, -0.1) is 0 Å². The van der Waals surface area contributed by atoms with Crippen molar-refractivity contribution in [2.24, 2.45) is 5.73 Å². The lowest BCUT2D eigenvalue weighted by atomic mass is 10.1. The highest BCUT2D eigenvalue weighted by Crippen LogP contribution is 2.03. The van der Waals surface area contributed by atoms with Crippen LogP contribution < -0.4 is 5.73 Å². The van der Waals surface area contributed by atoms with E-state index in [1.165, 1.54) is 0 Å². The second-order valence-electron chi connectivity index (χ2n) is 3.33. The Morgan fingerprint density at radius 2 is 2.47 bits per heavy atom. The Kier molecular flexibility index (Phi) is 4.77. The number of hydrogen-bond donors (Lipinski definition) is 1. The second-order valence-corrected chi connectivity index (χ2v) is 3.33. The first kappa shape index (κ1) is 11.7. The third-order valence-electron chi connectivity index (χ3n) is 1.95. The molecule has 0 aliphatic heterocycles. The second kappa shape index (κ2) is 6.14. The number of esters is 1. The minimum absolute atomic E-state index is 0.201. The molecule has 0 aliphatic rings. The Hall–Kier alpha value is -1.42. The fourth-order valence-electron chi connectivity index (χ4n) is 1.33. The number of pyridine rings is 1. The van der Waals surface area contributed by atoms with Gasteiger partial charge in [0, 0.05) is 18.4 Å². The summed E-state index contributed by atoms with van der Waals surface area (Å²) in [6.45, 7) is 2.18. The number of nitrogens with two attached hydrogens (primary N) is 1. The molecule has 0 fully saturated rings. The van der Waals surface area contributed by atoms with Crippen molar-refractivity contribution in [1.82, 2.24) is 4.98 Å². The van der Waals surface area contributed by atoms with Crippen LogP contribution >= 0.6 is 0 Å². The van der Waals surface area contributed by atoms with Crippen LogP contribution in [-0.2, 0) is 16.0 Å². The van der Waals surface area contributed by atoms with Crippen LogP contribution in [0.5, 0.6) is 0 Å². The van der Waals surface area contributed by atoms with E-state index >= 15 is 0 Å². The zero-order chi connectivity index (χ0) is 11.1. The molecule has 4 nitrogen and oxygen atoms in total. The van der Waals surface area contributed by atoms with E-state index in [9.17, 15) is 4.79 Å². The Morgan fingerprint density at radius 3 is 3.07 bits per heavy atom. The largest absolute Gasteiger partial charge is 0.466 e. The van der Waals surface area contributed by atoms with Crippen LogP contribution in [0.15, 0.2) is 24.5 Å². The first-order valence-corrected chi connectivity index (χ1v) is 5.02. The smallest absolute Gasteiger partial charge is 0.307 e. The van der Waals surface area contributed by atoms with E-state index < -0.39 is 0 Å². The summed E-state index contributed by atoms with van der Waals surface area (Å²) in [5.74, 6) is -0.242. The van der Waals surface area contributed by atoms with Crippen molar-refractivity contribution in [1.29, 1.82) is 0 Å². The van der Waals surface area contributed by atoms with Crippen molar-refractivity contribution in [3.8, 4) is 0 Å². The van der Waals surface area contributed by atoms with Gasteiger partial charge in [-0.1, -0.05) is 6.07 Å². The molecule has 1 unspecified atom stereocenters. The molecule has 1 aromatic rings. The van der Waals surface area contributed by atoms with Crippen LogP contribution in [-0.4, -0.2) is 23.6 Å². The van der Waals surface area contributed by atoms with E-state index in [0.717, 1.165) is 5.56 Å². The van der Waals surface area contributed by atoms with Gasteiger partial charge in [0.05, 0.1) is 13.0 Å².